The summed E-state index contributed by atoms with van der Waals surface area (Å²) in [5, 5.41) is 28.5. The second kappa shape index (κ2) is 4.01. The molecule has 1 unspecified atom stereocenters. The second-order valence-electron chi connectivity index (χ2n) is 4.31. The lowest BCUT2D eigenvalue weighted by molar-refractivity contribution is -0.142. The van der Waals surface area contributed by atoms with E-state index in [1.54, 1.807) is 6.92 Å². The first-order valence-electron chi connectivity index (χ1n) is 5.31. The van der Waals surface area contributed by atoms with Gasteiger partial charge in [0.2, 0.25) is 0 Å². The molecule has 1 aromatic rings. The molecule has 2 rings (SSSR count). The van der Waals surface area contributed by atoms with Crippen molar-refractivity contribution in [3.05, 3.63) is 17.8 Å². The Morgan fingerprint density at radius 1 is 1.71 bits per heavy atom. The highest BCUT2D eigenvalue weighted by Crippen LogP contribution is 2.41. The summed E-state index contributed by atoms with van der Waals surface area (Å²) in [5.74, 6) is -0.630. The third-order valence-corrected chi connectivity index (χ3v) is 3.06. The van der Waals surface area contributed by atoms with Crippen molar-refractivity contribution in [3.63, 3.8) is 0 Å². The van der Waals surface area contributed by atoms with Crippen LogP contribution in [0.25, 0.3) is 0 Å². The van der Waals surface area contributed by atoms with Gasteiger partial charge in [0.1, 0.15) is 11.6 Å². The van der Waals surface area contributed by atoms with Crippen LogP contribution in [0.4, 0.5) is 5.82 Å². The molecule has 1 aliphatic carbocycles. The van der Waals surface area contributed by atoms with E-state index in [4.69, 9.17) is 5.26 Å². The van der Waals surface area contributed by atoms with E-state index in [1.807, 2.05) is 6.07 Å². The van der Waals surface area contributed by atoms with Crippen LogP contribution < -0.4 is 5.32 Å². The Balaban J connectivity index is 2.30. The van der Waals surface area contributed by atoms with E-state index in [2.05, 4.69) is 15.5 Å². The largest absolute Gasteiger partial charge is 0.480 e. The highest BCUT2D eigenvalue weighted by molar-refractivity contribution is 5.83. The molecule has 1 fully saturated rings. The molecule has 0 amide bonds. The van der Waals surface area contributed by atoms with Crippen LogP contribution in [-0.4, -0.2) is 26.8 Å². The van der Waals surface area contributed by atoms with E-state index in [0.29, 0.717) is 5.56 Å². The second-order valence-corrected chi connectivity index (χ2v) is 4.31. The summed E-state index contributed by atoms with van der Waals surface area (Å²) in [6.45, 7) is 1.61. The van der Waals surface area contributed by atoms with Crippen molar-refractivity contribution >= 4 is 11.8 Å². The van der Waals surface area contributed by atoms with Crippen molar-refractivity contribution in [2.24, 2.45) is 5.92 Å². The predicted molar refractivity (Wildman–Crippen MR) is 59.1 cm³/mol. The maximum absolute atomic E-state index is 11.3. The van der Waals surface area contributed by atoms with Gasteiger partial charge in [-0.2, -0.15) is 10.4 Å². The molecule has 1 atom stereocenters. The van der Waals surface area contributed by atoms with Crippen molar-refractivity contribution < 1.29 is 9.90 Å². The molecule has 6 nitrogen and oxygen atoms in total. The maximum Gasteiger partial charge on any atom is 0.329 e. The number of rotatable bonds is 4. The van der Waals surface area contributed by atoms with E-state index in [9.17, 15) is 9.90 Å². The van der Waals surface area contributed by atoms with Gasteiger partial charge in [-0.1, -0.05) is 0 Å². The van der Waals surface area contributed by atoms with E-state index >= 15 is 0 Å². The zero-order chi connectivity index (χ0) is 12.5. The Hall–Kier alpha value is -2.16. The molecule has 6 heteroatoms. The third-order valence-electron chi connectivity index (χ3n) is 3.06. The van der Waals surface area contributed by atoms with Crippen LogP contribution in [0, 0.1) is 17.2 Å². The average Bonchev–Trinajstić information content (AvgIpc) is 3.13. The molecule has 0 saturated heterocycles. The van der Waals surface area contributed by atoms with Crippen LogP contribution >= 0.6 is 0 Å². The number of carboxylic acids is 1. The summed E-state index contributed by atoms with van der Waals surface area (Å²) >= 11 is 0. The van der Waals surface area contributed by atoms with Crippen LogP contribution in [0.5, 0.6) is 0 Å². The van der Waals surface area contributed by atoms with Gasteiger partial charge in [0.05, 0.1) is 11.8 Å². The molecule has 17 heavy (non-hydrogen) atoms. The Morgan fingerprint density at radius 3 is 2.94 bits per heavy atom. The smallest absolute Gasteiger partial charge is 0.329 e. The SMILES string of the molecule is CC(Nc1nnccc1C#N)(C(=O)O)C1CC1. The molecule has 1 aliphatic rings. The lowest BCUT2D eigenvalue weighted by atomic mass is 9.96. The van der Waals surface area contributed by atoms with Crippen LogP contribution in [0.1, 0.15) is 25.3 Å². The van der Waals surface area contributed by atoms with Crippen LogP contribution in [0.2, 0.25) is 0 Å². The van der Waals surface area contributed by atoms with Crippen LogP contribution in [0.3, 0.4) is 0 Å². The fraction of sp³-hybridized carbons (Fsp3) is 0.455. The molecular weight excluding hydrogens is 220 g/mol. The molecule has 0 aliphatic heterocycles. The zero-order valence-electron chi connectivity index (χ0n) is 9.34. The molecule has 0 aromatic carbocycles. The van der Waals surface area contributed by atoms with E-state index in [-0.39, 0.29) is 11.7 Å². The third kappa shape index (κ3) is 2.04. The van der Waals surface area contributed by atoms with Crippen molar-refractivity contribution in [2.45, 2.75) is 25.3 Å². The minimum atomic E-state index is -1.08. The number of hydrogen-bond donors (Lipinski definition) is 2. The number of carboxylic acid groups (broad SMARTS) is 1. The predicted octanol–water partition coefficient (Wildman–Crippen LogP) is 1.01. The maximum atomic E-state index is 11.3. The van der Waals surface area contributed by atoms with Crippen molar-refractivity contribution in [1.82, 2.24) is 10.2 Å². The Morgan fingerprint density at radius 2 is 2.41 bits per heavy atom. The number of aliphatic carboxylic acids is 1. The number of hydrogen-bond acceptors (Lipinski definition) is 5. The number of nitrogens with one attached hydrogen (secondary N) is 1. The number of nitrogens with zero attached hydrogens (tertiary/aromatic N) is 3. The van der Waals surface area contributed by atoms with Gasteiger partial charge < -0.3 is 10.4 Å². The number of aromatic nitrogens is 2. The van der Waals surface area contributed by atoms with E-state index in [0.717, 1.165) is 12.8 Å². The summed E-state index contributed by atoms with van der Waals surface area (Å²) in [5.41, 5.74) is -0.783. The van der Waals surface area contributed by atoms with Gasteiger partial charge in [-0.25, -0.2) is 4.79 Å². The zero-order valence-corrected chi connectivity index (χ0v) is 9.34. The summed E-state index contributed by atoms with van der Waals surface area (Å²) in [7, 11) is 0. The topological polar surface area (TPSA) is 98.9 Å². The highest BCUT2D eigenvalue weighted by atomic mass is 16.4. The number of anilines is 1. The fourth-order valence-corrected chi connectivity index (χ4v) is 1.75. The summed E-state index contributed by atoms with van der Waals surface area (Å²) in [6, 6.07) is 3.46. The first-order valence-corrected chi connectivity index (χ1v) is 5.31. The van der Waals surface area contributed by atoms with Crippen molar-refractivity contribution in [1.29, 1.82) is 5.26 Å². The van der Waals surface area contributed by atoms with Gasteiger partial charge in [-0.15, -0.1) is 5.10 Å². The molecule has 0 radical (unpaired) electrons. The van der Waals surface area contributed by atoms with Crippen molar-refractivity contribution in [2.75, 3.05) is 5.32 Å². The standard InChI is InChI=1S/C11H12N4O2/c1-11(10(16)17,8-2-3-8)14-9-7(6-12)4-5-13-15-9/h4-5,8H,2-3H2,1H3,(H,14,15)(H,16,17). The summed E-state index contributed by atoms with van der Waals surface area (Å²) in [4.78, 5) is 11.3. The molecule has 1 saturated carbocycles. The lowest BCUT2D eigenvalue weighted by Gasteiger charge is -2.26. The molecule has 88 valence electrons. The van der Waals surface area contributed by atoms with Gasteiger partial charge >= 0.3 is 5.97 Å². The van der Waals surface area contributed by atoms with Crippen molar-refractivity contribution in [3.8, 4) is 6.07 Å². The monoisotopic (exact) mass is 232 g/mol. The first kappa shape index (κ1) is 11.3. The average molecular weight is 232 g/mol. The number of nitriles is 1. The van der Waals surface area contributed by atoms with Crippen LogP contribution in [-0.2, 0) is 4.79 Å². The van der Waals surface area contributed by atoms with E-state index in [1.165, 1.54) is 12.3 Å². The van der Waals surface area contributed by atoms with Gasteiger partial charge in [0, 0.05) is 0 Å². The minimum Gasteiger partial charge on any atom is -0.480 e. The fourth-order valence-electron chi connectivity index (χ4n) is 1.75. The molecule has 1 aromatic heterocycles. The van der Waals surface area contributed by atoms with Crippen LogP contribution in [0.15, 0.2) is 12.3 Å². The Bertz CT molecular complexity index is 492. The van der Waals surface area contributed by atoms with Gasteiger partial charge in [-0.05, 0) is 31.7 Å². The molecule has 0 bridgehead atoms. The lowest BCUT2D eigenvalue weighted by Crippen LogP contribution is -2.46. The van der Waals surface area contributed by atoms with Gasteiger partial charge in [0.15, 0.2) is 5.82 Å². The molecule has 1 heterocycles. The van der Waals surface area contributed by atoms with Gasteiger partial charge in [-0.3, -0.25) is 0 Å². The molecular formula is C11H12N4O2. The quantitative estimate of drug-likeness (QED) is 0.803. The summed E-state index contributed by atoms with van der Waals surface area (Å²) in [6.07, 6.45) is 3.15. The minimum absolute atomic E-state index is 0.0774. The first-order chi connectivity index (χ1) is 8.08. The Labute approximate surface area is 98.3 Å². The highest BCUT2D eigenvalue weighted by Gasteiger charge is 2.48. The number of carbonyl (C=O) groups is 1. The molecule has 0 spiro atoms. The normalized spacial score (nSPS) is 17.9. The molecule has 2 N–H and O–H groups in total. The summed E-state index contributed by atoms with van der Waals surface area (Å²) < 4.78 is 0. The Kier molecular flexibility index (Phi) is 2.68. The van der Waals surface area contributed by atoms with E-state index < -0.39 is 11.5 Å². The van der Waals surface area contributed by atoms with Gasteiger partial charge in [0.25, 0.3) is 0 Å².